The third-order valence-electron chi connectivity index (χ3n) is 6.34. The van der Waals surface area contributed by atoms with E-state index in [4.69, 9.17) is 14.7 Å². The molecule has 1 N–H and O–H groups in total. The number of hydrogen-bond acceptors (Lipinski definition) is 6. The van der Waals surface area contributed by atoms with Crippen LogP contribution in [0.3, 0.4) is 0 Å². The number of piperidine rings is 1. The lowest BCUT2D eigenvalue weighted by atomic mass is 9.99. The Morgan fingerprint density at radius 2 is 1.62 bits per heavy atom. The molecule has 0 saturated carbocycles. The van der Waals surface area contributed by atoms with Gasteiger partial charge in [0, 0.05) is 62.7 Å². The summed E-state index contributed by atoms with van der Waals surface area (Å²) in [5, 5.41) is 3.75. The Labute approximate surface area is 157 Å². The van der Waals surface area contributed by atoms with Crippen LogP contribution >= 0.6 is 0 Å². The lowest BCUT2D eigenvalue weighted by molar-refractivity contribution is 0.0262. The second-order valence-electron chi connectivity index (χ2n) is 8.07. The molecule has 26 heavy (non-hydrogen) atoms. The van der Waals surface area contributed by atoms with Crippen LogP contribution in [0.1, 0.15) is 49.8 Å². The standard InChI is InChI=1S/C20H33N5O/c1-15-16(2)21-20(25-9-3-4-10-25)23-19(15)22-17-5-11-24(12-6-17)18-7-13-26-14-8-18/h17-18H,3-14H2,1-2H3,(H,21,22,23). The van der Waals surface area contributed by atoms with E-state index in [1.165, 1.54) is 57.2 Å². The molecule has 4 heterocycles. The second kappa shape index (κ2) is 8.09. The zero-order valence-corrected chi connectivity index (χ0v) is 16.3. The van der Waals surface area contributed by atoms with Crippen molar-refractivity contribution in [2.24, 2.45) is 0 Å². The maximum Gasteiger partial charge on any atom is 0.227 e. The van der Waals surface area contributed by atoms with Gasteiger partial charge in [0.1, 0.15) is 5.82 Å². The number of nitrogens with one attached hydrogen (secondary N) is 1. The molecular weight excluding hydrogens is 326 g/mol. The largest absolute Gasteiger partial charge is 0.381 e. The fourth-order valence-corrected chi connectivity index (χ4v) is 4.47. The Morgan fingerprint density at radius 1 is 0.923 bits per heavy atom. The number of aryl methyl sites for hydroxylation is 1. The maximum absolute atomic E-state index is 5.51. The summed E-state index contributed by atoms with van der Waals surface area (Å²) in [4.78, 5) is 14.6. The first-order chi connectivity index (χ1) is 12.7. The van der Waals surface area contributed by atoms with Crippen molar-refractivity contribution in [2.75, 3.05) is 49.6 Å². The molecule has 0 spiro atoms. The van der Waals surface area contributed by atoms with Crippen molar-refractivity contribution in [1.82, 2.24) is 14.9 Å². The van der Waals surface area contributed by atoms with Crippen LogP contribution in [0.15, 0.2) is 0 Å². The van der Waals surface area contributed by atoms with Crippen LogP contribution in [-0.2, 0) is 4.74 Å². The Balaban J connectivity index is 1.38. The van der Waals surface area contributed by atoms with Gasteiger partial charge in [0.05, 0.1) is 0 Å². The van der Waals surface area contributed by atoms with E-state index in [0.717, 1.165) is 49.8 Å². The molecule has 0 aromatic carbocycles. The van der Waals surface area contributed by atoms with E-state index in [9.17, 15) is 0 Å². The Kier molecular flexibility index (Phi) is 5.60. The van der Waals surface area contributed by atoms with E-state index in [2.05, 4.69) is 29.0 Å². The van der Waals surface area contributed by atoms with E-state index in [-0.39, 0.29) is 0 Å². The molecule has 6 heteroatoms. The van der Waals surface area contributed by atoms with Gasteiger partial charge in [-0.3, -0.25) is 0 Å². The van der Waals surface area contributed by atoms with Gasteiger partial charge >= 0.3 is 0 Å². The van der Waals surface area contributed by atoms with Crippen molar-refractivity contribution >= 4 is 11.8 Å². The van der Waals surface area contributed by atoms with Gasteiger partial charge in [0.15, 0.2) is 0 Å². The summed E-state index contributed by atoms with van der Waals surface area (Å²) in [6.45, 7) is 10.7. The molecule has 3 fully saturated rings. The van der Waals surface area contributed by atoms with Crippen LogP contribution < -0.4 is 10.2 Å². The monoisotopic (exact) mass is 359 g/mol. The van der Waals surface area contributed by atoms with Gasteiger partial charge in [-0.15, -0.1) is 0 Å². The molecule has 3 aliphatic heterocycles. The highest BCUT2D eigenvalue weighted by molar-refractivity contribution is 5.51. The van der Waals surface area contributed by atoms with Crippen LogP contribution in [-0.4, -0.2) is 66.3 Å². The fourth-order valence-electron chi connectivity index (χ4n) is 4.47. The van der Waals surface area contributed by atoms with Gasteiger partial charge in [-0.25, -0.2) is 4.98 Å². The first-order valence-corrected chi connectivity index (χ1v) is 10.4. The zero-order chi connectivity index (χ0) is 17.9. The molecule has 6 nitrogen and oxygen atoms in total. The molecule has 0 atom stereocenters. The minimum Gasteiger partial charge on any atom is -0.381 e. The number of anilines is 2. The number of ether oxygens (including phenoxy) is 1. The first-order valence-electron chi connectivity index (χ1n) is 10.4. The van der Waals surface area contributed by atoms with Crippen molar-refractivity contribution in [1.29, 1.82) is 0 Å². The molecule has 0 aliphatic carbocycles. The van der Waals surface area contributed by atoms with Gasteiger partial charge in [0.2, 0.25) is 5.95 Å². The van der Waals surface area contributed by atoms with Crippen LogP contribution in [0.25, 0.3) is 0 Å². The van der Waals surface area contributed by atoms with Gasteiger partial charge in [-0.1, -0.05) is 0 Å². The topological polar surface area (TPSA) is 53.5 Å². The van der Waals surface area contributed by atoms with Crippen LogP contribution in [0, 0.1) is 13.8 Å². The molecule has 144 valence electrons. The molecule has 1 aromatic heterocycles. The zero-order valence-electron chi connectivity index (χ0n) is 16.3. The van der Waals surface area contributed by atoms with Gasteiger partial charge in [-0.2, -0.15) is 4.98 Å². The quantitative estimate of drug-likeness (QED) is 0.892. The predicted molar refractivity (Wildman–Crippen MR) is 105 cm³/mol. The SMILES string of the molecule is Cc1nc(N2CCCC2)nc(NC2CCN(C3CCOCC3)CC2)c1C. The van der Waals surface area contributed by atoms with Gasteiger partial charge in [0.25, 0.3) is 0 Å². The van der Waals surface area contributed by atoms with Crippen molar-refractivity contribution < 1.29 is 4.74 Å². The molecule has 3 aliphatic rings. The van der Waals surface area contributed by atoms with Crippen molar-refractivity contribution in [3.8, 4) is 0 Å². The Morgan fingerprint density at radius 3 is 2.31 bits per heavy atom. The summed E-state index contributed by atoms with van der Waals surface area (Å²) >= 11 is 0. The van der Waals surface area contributed by atoms with E-state index in [1.807, 2.05) is 0 Å². The van der Waals surface area contributed by atoms with E-state index in [1.54, 1.807) is 0 Å². The van der Waals surface area contributed by atoms with Gasteiger partial charge < -0.3 is 19.9 Å². The molecule has 0 amide bonds. The normalized spacial score (nSPS) is 23.5. The molecular formula is C20H33N5O. The van der Waals surface area contributed by atoms with E-state index >= 15 is 0 Å². The lowest BCUT2D eigenvalue weighted by Crippen LogP contribution is -2.46. The predicted octanol–water partition coefficient (Wildman–Crippen LogP) is 2.75. The smallest absolute Gasteiger partial charge is 0.227 e. The van der Waals surface area contributed by atoms with E-state index < -0.39 is 0 Å². The maximum atomic E-state index is 5.51. The molecule has 0 unspecified atom stereocenters. The fraction of sp³-hybridized carbons (Fsp3) is 0.800. The average molecular weight is 360 g/mol. The van der Waals surface area contributed by atoms with Crippen LogP contribution in [0.2, 0.25) is 0 Å². The number of likely N-dealkylation sites (tertiary alicyclic amines) is 1. The van der Waals surface area contributed by atoms with Crippen LogP contribution in [0.4, 0.5) is 11.8 Å². The van der Waals surface area contributed by atoms with Crippen molar-refractivity contribution in [2.45, 2.75) is 64.5 Å². The van der Waals surface area contributed by atoms with Crippen molar-refractivity contribution in [3.63, 3.8) is 0 Å². The van der Waals surface area contributed by atoms with E-state index in [0.29, 0.717) is 6.04 Å². The number of nitrogens with zero attached hydrogens (tertiary/aromatic N) is 4. The average Bonchev–Trinajstić information content (AvgIpc) is 3.21. The minimum atomic E-state index is 0.519. The highest BCUT2D eigenvalue weighted by Gasteiger charge is 2.27. The molecule has 4 rings (SSSR count). The summed E-state index contributed by atoms with van der Waals surface area (Å²) in [6, 6.07) is 1.25. The summed E-state index contributed by atoms with van der Waals surface area (Å²) < 4.78 is 5.51. The highest BCUT2D eigenvalue weighted by atomic mass is 16.5. The molecule has 0 bridgehead atoms. The minimum absolute atomic E-state index is 0.519. The van der Waals surface area contributed by atoms with Crippen LogP contribution in [0.5, 0.6) is 0 Å². The summed E-state index contributed by atoms with van der Waals surface area (Å²) in [7, 11) is 0. The summed E-state index contributed by atoms with van der Waals surface area (Å²) in [5.74, 6) is 1.96. The Bertz CT molecular complexity index is 602. The number of rotatable bonds is 4. The molecule has 3 saturated heterocycles. The first kappa shape index (κ1) is 18.0. The third kappa shape index (κ3) is 3.96. The molecule has 0 radical (unpaired) electrons. The Hall–Kier alpha value is -1.40. The lowest BCUT2D eigenvalue weighted by Gasteiger charge is -2.39. The number of aromatic nitrogens is 2. The summed E-state index contributed by atoms with van der Waals surface area (Å²) in [5.41, 5.74) is 2.30. The third-order valence-corrected chi connectivity index (χ3v) is 6.34. The number of hydrogen-bond donors (Lipinski definition) is 1. The highest BCUT2D eigenvalue weighted by Crippen LogP contribution is 2.26. The van der Waals surface area contributed by atoms with Crippen molar-refractivity contribution in [3.05, 3.63) is 11.3 Å². The second-order valence-corrected chi connectivity index (χ2v) is 8.07. The van der Waals surface area contributed by atoms with Gasteiger partial charge in [-0.05, 0) is 52.4 Å². The summed E-state index contributed by atoms with van der Waals surface area (Å²) in [6.07, 6.45) is 7.29. The molecule has 1 aromatic rings.